The monoisotopic (exact) mass is 404 g/mol. The Bertz CT molecular complexity index is 583. The first-order valence-electron chi connectivity index (χ1n) is 8.71. The van der Waals surface area contributed by atoms with Crippen LogP contribution in [0.2, 0.25) is 0 Å². The highest BCUT2D eigenvalue weighted by atomic mass is 16.4. The van der Waals surface area contributed by atoms with Crippen molar-refractivity contribution in [2.45, 2.75) is 51.2 Å². The maximum atomic E-state index is 12.3. The van der Waals surface area contributed by atoms with Gasteiger partial charge in [-0.3, -0.25) is 19.2 Å². The molecule has 0 aromatic heterocycles. The van der Waals surface area contributed by atoms with Gasteiger partial charge in [-0.15, -0.1) is 0 Å². The molecule has 12 heteroatoms. The fourth-order valence-electron chi connectivity index (χ4n) is 2.08. The van der Waals surface area contributed by atoms with Crippen LogP contribution in [0.25, 0.3) is 0 Å². The molecule has 0 radical (unpaired) electrons. The molecule has 3 amide bonds. The lowest BCUT2D eigenvalue weighted by Gasteiger charge is -2.25. The van der Waals surface area contributed by atoms with Crippen molar-refractivity contribution in [1.82, 2.24) is 16.0 Å². The van der Waals surface area contributed by atoms with E-state index in [0.717, 1.165) is 0 Å². The SMILES string of the molecule is CCC(C)C(NC(=O)CNC(=O)C(N)CCC(=O)O)C(=O)NC(CO)C(=O)O. The highest BCUT2D eigenvalue weighted by molar-refractivity contribution is 5.92. The Morgan fingerprint density at radius 3 is 2.11 bits per heavy atom. The van der Waals surface area contributed by atoms with Gasteiger partial charge < -0.3 is 37.0 Å². The number of carbonyl (C=O) groups excluding carboxylic acids is 3. The molecular weight excluding hydrogens is 376 g/mol. The number of nitrogens with two attached hydrogens (primary N) is 1. The van der Waals surface area contributed by atoms with E-state index in [0.29, 0.717) is 6.42 Å². The summed E-state index contributed by atoms with van der Waals surface area (Å²) in [6.07, 6.45) is 0.0900. The second-order valence-electron chi connectivity index (χ2n) is 6.27. The van der Waals surface area contributed by atoms with E-state index in [9.17, 15) is 24.0 Å². The third-order valence-corrected chi connectivity index (χ3v) is 4.04. The van der Waals surface area contributed by atoms with Gasteiger partial charge in [0.15, 0.2) is 0 Å². The Kier molecular flexibility index (Phi) is 11.4. The van der Waals surface area contributed by atoms with Gasteiger partial charge in [0.25, 0.3) is 0 Å². The lowest BCUT2D eigenvalue weighted by atomic mass is 9.98. The van der Waals surface area contributed by atoms with Crippen molar-refractivity contribution in [3.05, 3.63) is 0 Å². The molecule has 0 rings (SSSR count). The number of carboxylic acids is 2. The van der Waals surface area contributed by atoms with E-state index in [4.69, 9.17) is 21.1 Å². The average Bonchev–Trinajstić information content (AvgIpc) is 2.64. The van der Waals surface area contributed by atoms with Crippen molar-refractivity contribution in [3.8, 4) is 0 Å². The number of nitrogens with one attached hydrogen (secondary N) is 3. The Morgan fingerprint density at radius 1 is 1.04 bits per heavy atom. The first-order chi connectivity index (χ1) is 13.0. The molecule has 28 heavy (non-hydrogen) atoms. The minimum Gasteiger partial charge on any atom is -0.481 e. The molecule has 0 aliphatic rings. The van der Waals surface area contributed by atoms with Crippen LogP contribution in [-0.4, -0.2) is 76.3 Å². The first-order valence-corrected chi connectivity index (χ1v) is 8.71. The van der Waals surface area contributed by atoms with Crippen LogP contribution in [0, 0.1) is 5.92 Å². The summed E-state index contributed by atoms with van der Waals surface area (Å²) >= 11 is 0. The number of rotatable bonds is 13. The lowest BCUT2D eigenvalue weighted by Crippen LogP contribution is -2.56. The lowest BCUT2D eigenvalue weighted by molar-refractivity contribution is -0.143. The highest BCUT2D eigenvalue weighted by Gasteiger charge is 2.29. The summed E-state index contributed by atoms with van der Waals surface area (Å²) in [5.74, 6) is -5.10. The Labute approximate surface area is 161 Å². The Morgan fingerprint density at radius 2 is 1.64 bits per heavy atom. The zero-order valence-corrected chi connectivity index (χ0v) is 15.8. The standard InChI is InChI=1S/C16H28N4O8/c1-3-8(2)13(15(26)19-10(7-21)16(27)28)20-11(22)6-18-14(25)9(17)4-5-12(23)24/h8-10,13,21H,3-7,17H2,1-2H3,(H,18,25)(H,19,26)(H,20,22)(H,23,24)(H,27,28). The van der Waals surface area contributed by atoms with Gasteiger partial charge in [-0.05, 0) is 12.3 Å². The van der Waals surface area contributed by atoms with Gasteiger partial charge in [-0.25, -0.2) is 4.79 Å². The number of carboxylic acid groups (broad SMARTS) is 2. The van der Waals surface area contributed by atoms with E-state index >= 15 is 0 Å². The molecule has 0 saturated heterocycles. The highest BCUT2D eigenvalue weighted by Crippen LogP contribution is 2.08. The van der Waals surface area contributed by atoms with Crippen molar-refractivity contribution < 1.29 is 39.3 Å². The Balaban J connectivity index is 4.77. The van der Waals surface area contributed by atoms with E-state index in [1.807, 2.05) is 0 Å². The van der Waals surface area contributed by atoms with Gasteiger partial charge in [0, 0.05) is 6.42 Å². The van der Waals surface area contributed by atoms with Crippen LogP contribution >= 0.6 is 0 Å². The van der Waals surface area contributed by atoms with Gasteiger partial charge in [0.1, 0.15) is 12.1 Å². The molecule has 0 saturated carbocycles. The fraction of sp³-hybridized carbons (Fsp3) is 0.688. The number of aliphatic hydroxyl groups is 1. The van der Waals surface area contributed by atoms with E-state index in [1.165, 1.54) is 0 Å². The largest absolute Gasteiger partial charge is 0.481 e. The molecule has 0 bridgehead atoms. The van der Waals surface area contributed by atoms with Crippen LogP contribution in [0.4, 0.5) is 0 Å². The molecule has 0 aromatic rings. The topological polar surface area (TPSA) is 208 Å². The summed E-state index contributed by atoms with van der Waals surface area (Å²) in [6, 6.07) is -3.69. The van der Waals surface area contributed by atoms with Crippen LogP contribution in [0.15, 0.2) is 0 Å². The molecule has 4 atom stereocenters. The van der Waals surface area contributed by atoms with Crippen molar-refractivity contribution >= 4 is 29.7 Å². The zero-order valence-electron chi connectivity index (χ0n) is 15.8. The molecule has 8 N–H and O–H groups in total. The second kappa shape index (κ2) is 12.6. The second-order valence-corrected chi connectivity index (χ2v) is 6.27. The molecular formula is C16H28N4O8. The van der Waals surface area contributed by atoms with Crippen LogP contribution < -0.4 is 21.7 Å². The summed E-state index contributed by atoms with van der Waals surface area (Å²) in [4.78, 5) is 57.5. The van der Waals surface area contributed by atoms with Gasteiger partial charge in [0.2, 0.25) is 17.7 Å². The number of hydrogen-bond acceptors (Lipinski definition) is 7. The molecule has 12 nitrogen and oxygen atoms in total. The first kappa shape index (κ1) is 25.3. The molecule has 0 aromatic carbocycles. The van der Waals surface area contributed by atoms with Crippen molar-refractivity contribution in [3.63, 3.8) is 0 Å². The normalized spacial score (nSPS) is 14.9. The quantitative estimate of drug-likeness (QED) is 0.171. The summed E-state index contributed by atoms with van der Waals surface area (Å²) in [5.41, 5.74) is 5.52. The molecule has 0 heterocycles. The van der Waals surface area contributed by atoms with Crippen molar-refractivity contribution in [2.24, 2.45) is 11.7 Å². The number of carbonyl (C=O) groups is 5. The average molecular weight is 404 g/mol. The summed E-state index contributed by atoms with van der Waals surface area (Å²) < 4.78 is 0. The molecule has 4 unspecified atom stereocenters. The number of amides is 3. The van der Waals surface area contributed by atoms with Crippen LogP contribution in [0.3, 0.4) is 0 Å². The van der Waals surface area contributed by atoms with E-state index < -0.39 is 60.9 Å². The maximum absolute atomic E-state index is 12.3. The number of aliphatic carboxylic acids is 2. The van der Waals surface area contributed by atoms with E-state index in [-0.39, 0.29) is 18.8 Å². The predicted octanol–water partition coefficient (Wildman–Crippen LogP) is -2.61. The third-order valence-electron chi connectivity index (χ3n) is 4.04. The van der Waals surface area contributed by atoms with Gasteiger partial charge in [-0.2, -0.15) is 0 Å². The Hall–Kier alpha value is -2.73. The summed E-state index contributed by atoms with van der Waals surface area (Å²) in [5, 5.41) is 33.2. The maximum Gasteiger partial charge on any atom is 0.328 e. The number of aliphatic hydroxyl groups excluding tert-OH is 1. The van der Waals surface area contributed by atoms with Crippen molar-refractivity contribution in [1.29, 1.82) is 0 Å². The molecule has 0 spiro atoms. The van der Waals surface area contributed by atoms with Crippen LogP contribution in [0.1, 0.15) is 33.1 Å². The van der Waals surface area contributed by atoms with Gasteiger partial charge in [-0.1, -0.05) is 20.3 Å². The minimum absolute atomic E-state index is 0.0988. The summed E-state index contributed by atoms with van der Waals surface area (Å²) in [6.45, 7) is 2.12. The van der Waals surface area contributed by atoms with Gasteiger partial charge >= 0.3 is 11.9 Å². The fourth-order valence-corrected chi connectivity index (χ4v) is 2.08. The van der Waals surface area contributed by atoms with E-state index in [2.05, 4.69) is 16.0 Å². The van der Waals surface area contributed by atoms with Crippen LogP contribution in [0.5, 0.6) is 0 Å². The van der Waals surface area contributed by atoms with Crippen molar-refractivity contribution in [2.75, 3.05) is 13.2 Å². The third kappa shape index (κ3) is 9.28. The van der Waals surface area contributed by atoms with E-state index in [1.54, 1.807) is 13.8 Å². The smallest absolute Gasteiger partial charge is 0.328 e. The molecule has 0 fully saturated rings. The summed E-state index contributed by atoms with van der Waals surface area (Å²) in [7, 11) is 0. The van der Waals surface area contributed by atoms with Gasteiger partial charge in [0.05, 0.1) is 19.2 Å². The molecule has 0 aliphatic carbocycles. The molecule has 0 aliphatic heterocycles. The number of hydrogen-bond donors (Lipinski definition) is 7. The zero-order chi connectivity index (χ0) is 21.9. The van der Waals surface area contributed by atoms with Crippen LogP contribution in [-0.2, 0) is 24.0 Å². The predicted molar refractivity (Wildman–Crippen MR) is 95.9 cm³/mol. The molecule has 160 valence electrons. The minimum atomic E-state index is -1.51.